The van der Waals surface area contributed by atoms with Crippen molar-refractivity contribution >= 4 is 32.7 Å². The molecule has 1 aliphatic carbocycles. The number of para-hydroxylation sites is 1. The monoisotopic (exact) mass is 552 g/mol. The van der Waals surface area contributed by atoms with E-state index in [0.29, 0.717) is 31.5 Å². The summed E-state index contributed by atoms with van der Waals surface area (Å²) in [6.45, 7) is 2.07. The first-order valence-corrected chi connectivity index (χ1v) is 13.9. The number of halogens is 3. The Balaban J connectivity index is 1.25. The second-order valence-electron chi connectivity index (χ2n) is 9.27. The topological polar surface area (TPSA) is 131 Å². The van der Waals surface area contributed by atoms with Crippen LogP contribution in [0.5, 0.6) is 5.75 Å². The summed E-state index contributed by atoms with van der Waals surface area (Å²) in [5.74, 6) is 1.39. The number of benzene rings is 2. The highest BCUT2D eigenvalue weighted by Crippen LogP contribution is 2.30. The number of fused-ring (bicyclic) bond motifs is 1. The molecule has 0 unspecified atom stereocenters. The number of nitrogens with two attached hydrogens (primary N) is 1. The second-order valence-corrected chi connectivity index (χ2v) is 11.0. The summed E-state index contributed by atoms with van der Waals surface area (Å²) in [5.41, 5.74) is 6.46. The minimum Gasteiger partial charge on any atom is -0.406 e. The minimum absolute atomic E-state index is 0.111. The molecule has 0 aliphatic heterocycles. The van der Waals surface area contributed by atoms with E-state index in [4.69, 9.17) is 5.73 Å². The second kappa shape index (κ2) is 12.1. The van der Waals surface area contributed by atoms with E-state index in [1.807, 2.05) is 24.3 Å². The zero-order chi connectivity index (χ0) is 27.2. The van der Waals surface area contributed by atoms with E-state index in [2.05, 4.69) is 30.1 Å². The maximum atomic E-state index is 12.6. The minimum atomic E-state index is -4.83. The van der Waals surface area contributed by atoms with E-state index >= 15 is 0 Å². The molecule has 0 spiro atoms. The SMILES string of the molecule is NCCNc1nc(NC[C@H]2CC[C@H](CNS(=O)(=O)c3ccc(OC(F)(F)F)cc3)CC2)nc2ccccc12. The molecule has 13 heteroatoms. The van der Waals surface area contributed by atoms with Gasteiger partial charge >= 0.3 is 6.36 Å². The van der Waals surface area contributed by atoms with Gasteiger partial charge in [-0.2, -0.15) is 4.98 Å². The van der Waals surface area contributed by atoms with E-state index < -0.39 is 22.1 Å². The van der Waals surface area contributed by atoms with Crippen molar-refractivity contribution in [3.05, 3.63) is 48.5 Å². The van der Waals surface area contributed by atoms with Crippen LogP contribution in [0.1, 0.15) is 25.7 Å². The average Bonchev–Trinajstić information content (AvgIpc) is 2.89. The smallest absolute Gasteiger partial charge is 0.406 e. The van der Waals surface area contributed by atoms with Crippen LogP contribution in [-0.4, -0.2) is 50.9 Å². The van der Waals surface area contributed by atoms with Crippen molar-refractivity contribution in [3.63, 3.8) is 0 Å². The number of sulfonamides is 1. The Morgan fingerprint density at radius 2 is 1.58 bits per heavy atom. The molecular formula is C25H31F3N6O3S. The summed E-state index contributed by atoms with van der Waals surface area (Å²) < 4.78 is 68.4. The lowest BCUT2D eigenvalue weighted by Gasteiger charge is -2.28. The normalized spacial score (nSPS) is 18.3. The van der Waals surface area contributed by atoms with E-state index in [1.165, 1.54) is 0 Å². The Morgan fingerprint density at radius 3 is 2.24 bits per heavy atom. The van der Waals surface area contributed by atoms with Gasteiger partial charge in [0.15, 0.2) is 0 Å². The van der Waals surface area contributed by atoms with Gasteiger partial charge in [0.25, 0.3) is 0 Å². The molecule has 1 saturated carbocycles. The van der Waals surface area contributed by atoms with Crippen molar-refractivity contribution in [2.45, 2.75) is 36.9 Å². The molecule has 9 nitrogen and oxygen atoms in total. The summed E-state index contributed by atoms with van der Waals surface area (Å²) in [6.07, 6.45) is -1.27. The average molecular weight is 553 g/mol. The number of alkyl halides is 3. The summed E-state index contributed by atoms with van der Waals surface area (Å²) in [6, 6.07) is 11.9. The predicted octanol–water partition coefficient (Wildman–Crippen LogP) is 4.10. The van der Waals surface area contributed by atoms with E-state index in [-0.39, 0.29) is 17.4 Å². The van der Waals surface area contributed by atoms with Gasteiger partial charge in [0.1, 0.15) is 11.6 Å². The highest BCUT2D eigenvalue weighted by atomic mass is 32.2. The standard InChI is InChI=1S/C25H31F3N6O3S/c26-25(27,28)37-19-9-11-20(12-10-19)38(35,36)32-16-18-7-5-17(6-8-18)15-31-24-33-22-4-2-1-3-21(22)23(34-24)30-14-13-29/h1-4,9-12,17-18,32H,5-8,13-16,29H2,(H2,30,31,33,34)/t17-,18-. The van der Waals surface area contributed by atoms with Crippen LogP contribution in [0, 0.1) is 11.8 Å². The molecule has 38 heavy (non-hydrogen) atoms. The molecule has 1 aliphatic rings. The van der Waals surface area contributed by atoms with Crippen LogP contribution in [0.4, 0.5) is 24.9 Å². The molecule has 1 fully saturated rings. The molecule has 2 aromatic carbocycles. The lowest BCUT2D eigenvalue weighted by molar-refractivity contribution is -0.274. The number of aromatic nitrogens is 2. The van der Waals surface area contributed by atoms with E-state index in [9.17, 15) is 21.6 Å². The van der Waals surface area contributed by atoms with Crippen LogP contribution < -0.4 is 25.8 Å². The van der Waals surface area contributed by atoms with Crippen molar-refractivity contribution in [1.29, 1.82) is 0 Å². The molecular weight excluding hydrogens is 521 g/mol. The first-order chi connectivity index (χ1) is 18.1. The summed E-state index contributed by atoms with van der Waals surface area (Å²) in [7, 11) is -3.84. The first kappa shape index (κ1) is 27.9. The maximum Gasteiger partial charge on any atom is 0.573 e. The van der Waals surface area contributed by atoms with Crippen LogP contribution in [-0.2, 0) is 10.0 Å². The molecule has 206 valence electrons. The summed E-state index contributed by atoms with van der Waals surface area (Å²) in [5, 5.41) is 7.53. The van der Waals surface area contributed by atoms with E-state index in [0.717, 1.165) is 66.7 Å². The van der Waals surface area contributed by atoms with Crippen molar-refractivity contribution in [1.82, 2.24) is 14.7 Å². The fourth-order valence-electron chi connectivity index (χ4n) is 4.49. The van der Waals surface area contributed by atoms with Crippen LogP contribution in [0.25, 0.3) is 10.9 Å². The molecule has 0 radical (unpaired) electrons. The zero-order valence-corrected chi connectivity index (χ0v) is 21.5. The summed E-state index contributed by atoms with van der Waals surface area (Å²) >= 11 is 0. The molecule has 0 atom stereocenters. The van der Waals surface area contributed by atoms with E-state index in [1.54, 1.807) is 0 Å². The highest BCUT2D eigenvalue weighted by Gasteiger charge is 2.31. The zero-order valence-electron chi connectivity index (χ0n) is 20.7. The lowest BCUT2D eigenvalue weighted by atomic mass is 9.82. The van der Waals surface area contributed by atoms with Crippen LogP contribution in [0.2, 0.25) is 0 Å². The van der Waals surface area contributed by atoms with Crippen molar-refractivity contribution in [2.24, 2.45) is 17.6 Å². The van der Waals surface area contributed by atoms with Gasteiger partial charge in [-0.15, -0.1) is 13.2 Å². The fourth-order valence-corrected chi connectivity index (χ4v) is 5.60. The van der Waals surface area contributed by atoms with Crippen molar-refractivity contribution < 1.29 is 26.3 Å². The van der Waals surface area contributed by atoms with Crippen molar-refractivity contribution in [2.75, 3.05) is 36.8 Å². The summed E-state index contributed by atoms with van der Waals surface area (Å²) in [4.78, 5) is 9.12. The molecule has 0 bridgehead atoms. The number of hydrogen-bond donors (Lipinski definition) is 4. The maximum absolute atomic E-state index is 12.6. The molecule has 1 heterocycles. The molecule has 0 saturated heterocycles. The lowest BCUT2D eigenvalue weighted by Crippen LogP contribution is -2.32. The Bertz CT molecular complexity index is 1310. The van der Waals surface area contributed by atoms with Crippen molar-refractivity contribution in [3.8, 4) is 5.75 Å². The third-order valence-electron chi connectivity index (χ3n) is 6.48. The number of nitrogens with zero attached hydrogens (tertiary/aromatic N) is 2. The molecule has 0 amide bonds. The van der Waals surface area contributed by atoms with Gasteiger partial charge in [0.05, 0.1) is 10.4 Å². The first-order valence-electron chi connectivity index (χ1n) is 12.4. The quantitative estimate of drug-likeness (QED) is 0.280. The van der Waals surface area contributed by atoms with Gasteiger partial charge in [-0.1, -0.05) is 12.1 Å². The number of hydrogen-bond acceptors (Lipinski definition) is 8. The molecule has 1 aromatic heterocycles. The Hall–Kier alpha value is -3.16. The van der Waals surface area contributed by atoms with Gasteiger partial charge in [-0.25, -0.2) is 18.1 Å². The highest BCUT2D eigenvalue weighted by molar-refractivity contribution is 7.89. The number of rotatable bonds is 11. The Labute approximate surface area is 219 Å². The van der Waals surface area contributed by atoms with Crippen LogP contribution in [0.15, 0.2) is 53.4 Å². The number of nitrogens with one attached hydrogen (secondary N) is 3. The van der Waals surface area contributed by atoms with Gasteiger partial charge < -0.3 is 21.1 Å². The van der Waals surface area contributed by atoms with Crippen LogP contribution >= 0.6 is 0 Å². The third-order valence-corrected chi connectivity index (χ3v) is 7.92. The van der Waals surface area contributed by atoms with Crippen LogP contribution in [0.3, 0.4) is 0 Å². The Kier molecular flexibility index (Phi) is 8.90. The Morgan fingerprint density at radius 1 is 0.921 bits per heavy atom. The fraction of sp³-hybridized carbons (Fsp3) is 0.440. The predicted molar refractivity (Wildman–Crippen MR) is 139 cm³/mol. The van der Waals surface area contributed by atoms with Gasteiger partial charge in [0, 0.05) is 31.6 Å². The van der Waals surface area contributed by atoms with Gasteiger partial charge in [-0.05, 0) is 73.9 Å². The van der Waals surface area contributed by atoms with Gasteiger partial charge in [0.2, 0.25) is 16.0 Å². The largest absolute Gasteiger partial charge is 0.573 e. The number of anilines is 2. The molecule has 5 N–H and O–H groups in total. The molecule has 4 rings (SSSR count). The number of ether oxygens (including phenoxy) is 1. The third kappa shape index (κ3) is 7.68. The van der Waals surface area contributed by atoms with Gasteiger partial charge in [-0.3, -0.25) is 0 Å². The molecule has 3 aromatic rings.